The number of alkyl halides is 1. The molecule has 4 unspecified atom stereocenters. The van der Waals surface area contributed by atoms with E-state index in [9.17, 15) is 4.79 Å². The third-order valence-corrected chi connectivity index (χ3v) is 7.10. The summed E-state index contributed by atoms with van der Waals surface area (Å²) in [6.45, 7) is 4.59. The number of nitrogens with zero attached hydrogens (tertiary/aromatic N) is 2. The summed E-state index contributed by atoms with van der Waals surface area (Å²) in [7, 11) is -1.00. The maximum absolute atomic E-state index is 12.9. The van der Waals surface area contributed by atoms with E-state index in [0.29, 0.717) is 18.8 Å². The first kappa shape index (κ1) is 24.3. The van der Waals surface area contributed by atoms with Gasteiger partial charge in [0.15, 0.2) is 0 Å². The van der Waals surface area contributed by atoms with Crippen LogP contribution >= 0.6 is 19.4 Å². The molecule has 4 rings (SSSR count). The number of halogens is 1. The summed E-state index contributed by atoms with van der Waals surface area (Å²) >= 11 is 5.91. The second-order valence-corrected chi connectivity index (χ2v) is 10.9. The zero-order chi connectivity index (χ0) is 23.2. The SMILES string of the molecule is C=[PH](C)Oc1ccc(C2OC2N2CCCC(N(Cc3ccccc3)C(=O)CCCl)CC2)cc1. The van der Waals surface area contributed by atoms with E-state index in [0.717, 1.165) is 43.7 Å². The van der Waals surface area contributed by atoms with Crippen LogP contribution in [0.1, 0.15) is 42.9 Å². The standard InChI is InChI=1S/C26H34ClN2O3P/c1-33(2)32-23-12-10-21(11-13-23)25-26(31-25)28-17-6-9-22(15-18-28)29(24(30)14-16-27)19-20-7-4-3-5-8-20/h3-5,7-8,10-13,22,25-26,33H,1,6,9,14-19H2,2H3. The second kappa shape index (κ2) is 11.6. The number of ether oxygens (including phenoxy) is 1. The highest BCUT2D eigenvalue weighted by molar-refractivity contribution is 7.50. The van der Waals surface area contributed by atoms with Crippen molar-refractivity contribution in [2.24, 2.45) is 0 Å². The van der Waals surface area contributed by atoms with Crippen molar-refractivity contribution in [3.05, 3.63) is 65.7 Å². The number of hydrogen-bond donors (Lipinski definition) is 0. The van der Waals surface area contributed by atoms with E-state index in [4.69, 9.17) is 20.9 Å². The highest BCUT2D eigenvalue weighted by Crippen LogP contribution is 2.42. The topological polar surface area (TPSA) is 45.3 Å². The fourth-order valence-electron chi connectivity index (χ4n) is 4.64. The quantitative estimate of drug-likeness (QED) is 0.277. The van der Waals surface area contributed by atoms with E-state index in [-0.39, 0.29) is 24.3 Å². The molecule has 0 bridgehead atoms. The zero-order valence-corrected chi connectivity index (χ0v) is 21.0. The summed E-state index contributed by atoms with van der Waals surface area (Å²) in [5, 5.41) is 0. The van der Waals surface area contributed by atoms with Crippen molar-refractivity contribution in [1.29, 1.82) is 0 Å². The van der Waals surface area contributed by atoms with Crippen molar-refractivity contribution in [2.75, 3.05) is 25.6 Å². The van der Waals surface area contributed by atoms with Gasteiger partial charge in [0.05, 0.1) is 0 Å². The predicted molar refractivity (Wildman–Crippen MR) is 138 cm³/mol. The molecule has 1 amide bonds. The molecule has 0 aromatic heterocycles. The monoisotopic (exact) mass is 488 g/mol. The molecule has 0 radical (unpaired) electrons. The Kier molecular flexibility index (Phi) is 8.54. The van der Waals surface area contributed by atoms with Gasteiger partial charge < -0.3 is 14.2 Å². The van der Waals surface area contributed by atoms with Gasteiger partial charge in [-0.15, -0.1) is 11.6 Å². The second-order valence-electron chi connectivity index (χ2n) is 8.89. The van der Waals surface area contributed by atoms with Crippen molar-refractivity contribution >= 4 is 31.6 Å². The van der Waals surface area contributed by atoms with Crippen LogP contribution in [0.3, 0.4) is 0 Å². The van der Waals surface area contributed by atoms with Crippen molar-refractivity contribution < 1.29 is 14.1 Å². The number of likely N-dealkylation sites (tertiary alicyclic amines) is 1. The molecule has 2 fully saturated rings. The molecule has 2 saturated heterocycles. The summed E-state index contributed by atoms with van der Waals surface area (Å²) in [6, 6.07) is 18.7. The Morgan fingerprint density at radius 2 is 1.94 bits per heavy atom. The Morgan fingerprint density at radius 3 is 2.64 bits per heavy atom. The van der Waals surface area contributed by atoms with Crippen LogP contribution in [0.5, 0.6) is 5.75 Å². The van der Waals surface area contributed by atoms with Gasteiger partial charge in [0.2, 0.25) is 5.91 Å². The number of benzene rings is 2. The third kappa shape index (κ3) is 6.64. The number of hydrogen-bond acceptors (Lipinski definition) is 4. The van der Waals surface area contributed by atoms with Gasteiger partial charge in [0.1, 0.15) is 18.1 Å². The van der Waals surface area contributed by atoms with E-state index in [2.05, 4.69) is 40.4 Å². The van der Waals surface area contributed by atoms with Gasteiger partial charge in [-0.2, -0.15) is 0 Å². The van der Waals surface area contributed by atoms with Crippen LogP contribution in [0.2, 0.25) is 0 Å². The minimum absolute atomic E-state index is 0.111. The molecule has 2 aliphatic rings. The normalized spacial score (nSPS) is 24.0. The van der Waals surface area contributed by atoms with Crippen molar-refractivity contribution in [1.82, 2.24) is 9.80 Å². The molecule has 2 aromatic rings. The Labute approximate surface area is 203 Å². The van der Waals surface area contributed by atoms with Gasteiger partial charge >= 0.3 is 0 Å². The van der Waals surface area contributed by atoms with Gasteiger partial charge in [-0.05, 0) is 49.2 Å². The molecular weight excluding hydrogens is 455 g/mol. The molecule has 178 valence electrons. The van der Waals surface area contributed by atoms with E-state index < -0.39 is 7.77 Å². The predicted octanol–water partition coefficient (Wildman–Crippen LogP) is 5.17. The van der Waals surface area contributed by atoms with Crippen LogP contribution in [0.15, 0.2) is 54.6 Å². The molecule has 4 atom stereocenters. The number of epoxide rings is 1. The maximum atomic E-state index is 12.9. The van der Waals surface area contributed by atoms with Crippen molar-refractivity contribution in [3.63, 3.8) is 0 Å². The molecular formula is C26H34ClN2O3P. The number of rotatable bonds is 9. The lowest BCUT2D eigenvalue weighted by atomic mass is 10.1. The smallest absolute Gasteiger partial charge is 0.224 e. The van der Waals surface area contributed by atoms with Crippen LogP contribution in [-0.4, -0.2) is 59.9 Å². The van der Waals surface area contributed by atoms with E-state index in [1.54, 1.807) is 0 Å². The Bertz CT molecular complexity index is 940. The number of carbonyl (C=O) groups is 1. The van der Waals surface area contributed by atoms with Crippen LogP contribution in [0, 0.1) is 0 Å². The molecule has 2 heterocycles. The summed E-state index contributed by atoms with van der Waals surface area (Å²) in [4.78, 5) is 17.4. The van der Waals surface area contributed by atoms with Crippen molar-refractivity contribution in [3.8, 4) is 5.75 Å². The molecule has 2 aromatic carbocycles. The highest BCUT2D eigenvalue weighted by Gasteiger charge is 2.45. The molecule has 0 spiro atoms. The van der Waals surface area contributed by atoms with Gasteiger partial charge in [0.25, 0.3) is 0 Å². The summed E-state index contributed by atoms with van der Waals surface area (Å²) in [5.74, 6) is 1.38. The van der Waals surface area contributed by atoms with Gasteiger partial charge in [-0.3, -0.25) is 9.69 Å². The minimum atomic E-state index is -1.00. The fourth-order valence-corrected chi connectivity index (χ4v) is 5.35. The summed E-state index contributed by atoms with van der Waals surface area (Å²) in [5.41, 5.74) is 2.35. The first-order valence-corrected chi connectivity index (χ1v) is 14.4. The van der Waals surface area contributed by atoms with Gasteiger partial charge in [0, 0.05) is 45.7 Å². The van der Waals surface area contributed by atoms with E-state index in [1.165, 1.54) is 5.56 Å². The number of carbonyl (C=O) groups excluding carboxylic acids is 1. The Balaban J connectivity index is 1.36. The average molecular weight is 489 g/mol. The van der Waals surface area contributed by atoms with Crippen LogP contribution in [-0.2, 0) is 16.1 Å². The molecule has 0 saturated carbocycles. The maximum Gasteiger partial charge on any atom is 0.224 e. The Morgan fingerprint density at radius 1 is 1.18 bits per heavy atom. The highest BCUT2D eigenvalue weighted by atomic mass is 35.5. The minimum Gasteiger partial charge on any atom is -0.481 e. The Hall–Kier alpha value is -1.78. The summed E-state index contributed by atoms with van der Waals surface area (Å²) in [6.07, 6.45) is 7.59. The summed E-state index contributed by atoms with van der Waals surface area (Å²) < 4.78 is 11.8. The van der Waals surface area contributed by atoms with Crippen LogP contribution < -0.4 is 4.52 Å². The molecule has 0 N–H and O–H groups in total. The van der Waals surface area contributed by atoms with Crippen molar-refractivity contribution in [2.45, 2.75) is 50.6 Å². The van der Waals surface area contributed by atoms with Crippen LogP contribution in [0.4, 0.5) is 0 Å². The molecule has 2 aliphatic heterocycles. The third-order valence-electron chi connectivity index (χ3n) is 6.33. The molecule has 7 heteroatoms. The van der Waals surface area contributed by atoms with E-state index >= 15 is 0 Å². The fraction of sp³-hybridized carbons (Fsp3) is 0.462. The molecule has 33 heavy (non-hydrogen) atoms. The average Bonchev–Trinajstić information content (AvgIpc) is 3.62. The largest absolute Gasteiger partial charge is 0.481 e. The molecule has 5 nitrogen and oxygen atoms in total. The molecule has 0 aliphatic carbocycles. The van der Waals surface area contributed by atoms with Crippen LogP contribution in [0.25, 0.3) is 0 Å². The zero-order valence-electron chi connectivity index (χ0n) is 19.3. The first-order chi connectivity index (χ1) is 16.0. The van der Waals surface area contributed by atoms with E-state index in [1.807, 2.05) is 37.0 Å². The lowest BCUT2D eigenvalue weighted by molar-refractivity contribution is -0.134. The van der Waals surface area contributed by atoms with Gasteiger partial charge in [-0.1, -0.05) is 48.8 Å². The lowest BCUT2D eigenvalue weighted by Crippen LogP contribution is -2.40. The first-order valence-electron chi connectivity index (χ1n) is 11.8. The number of amides is 1. The van der Waals surface area contributed by atoms with Gasteiger partial charge in [-0.25, -0.2) is 0 Å². The lowest BCUT2D eigenvalue weighted by Gasteiger charge is -2.31.